The van der Waals surface area contributed by atoms with Crippen LogP contribution in [0.25, 0.3) is 0 Å². The maximum Gasteiger partial charge on any atom is 0.142 e. The van der Waals surface area contributed by atoms with E-state index in [2.05, 4.69) is 5.32 Å². The fourth-order valence-corrected chi connectivity index (χ4v) is 1.97. The first-order chi connectivity index (χ1) is 9.22. The van der Waals surface area contributed by atoms with Crippen LogP contribution in [0.5, 0.6) is 11.5 Å². The van der Waals surface area contributed by atoms with Crippen LogP contribution in [0.1, 0.15) is 5.56 Å². The van der Waals surface area contributed by atoms with E-state index in [4.69, 9.17) is 21.1 Å². The van der Waals surface area contributed by atoms with E-state index in [1.807, 2.05) is 36.4 Å². The summed E-state index contributed by atoms with van der Waals surface area (Å²) in [5.41, 5.74) is 2.00. The predicted octanol–water partition coefficient (Wildman–Crippen LogP) is 3.97. The number of nitrogens with one attached hydrogen (secondary N) is 1. The average Bonchev–Trinajstić information content (AvgIpc) is 2.45. The van der Waals surface area contributed by atoms with Crippen molar-refractivity contribution in [1.82, 2.24) is 0 Å². The second-order valence-electron chi connectivity index (χ2n) is 4.05. The molecule has 0 aliphatic rings. The summed E-state index contributed by atoms with van der Waals surface area (Å²) in [7, 11) is 3.30. The minimum Gasteiger partial charge on any atom is -0.497 e. The third kappa shape index (κ3) is 3.55. The molecule has 2 aromatic rings. The van der Waals surface area contributed by atoms with Crippen LogP contribution in [0.4, 0.5) is 5.69 Å². The normalized spacial score (nSPS) is 10.1. The fraction of sp³-hybridized carbons (Fsp3) is 0.200. The zero-order chi connectivity index (χ0) is 13.7. The summed E-state index contributed by atoms with van der Waals surface area (Å²) >= 11 is 5.99. The topological polar surface area (TPSA) is 30.5 Å². The van der Waals surface area contributed by atoms with Gasteiger partial charge in [0.2, 0.25) is 0 Å². The minimum atomic E-state index is 0.675. The Morgan fingerprint density at radius 2 is 1.89 bits per heavy atom. The molecule has 100 valence electrons. The Balaban J connectivity index is 2.11. The van der Waals surface area contributed by atoms with Crippen molar-refractivity contribution in [1.29, 1.82) is 0 Å². The Morgan fingerprint density at radius 3 is 2.63 bits per heavy atom. The molecule has 3 nitrogen and oxygen atoms in total. The van der Waals surface area contributed by atoms with E-state index in [1.54, 1.807) is 20.3 Å². The monoisotopic (exact) mass is 277 g/mol. The van der Waals surface area contributed by atoms with E-state index >= 15 is 0 Å². The Bertz CT molecular complexity index is 558. The van der Waals surface area contributed by atoms with Crippen molar-refractivity contribution in [2.75, 3.05) is 19.5 Å². The molecule has 0 radical (unpaired) electrons. The molecule has 2 aromatic carbocycles. The maximum absolute atomic E-state index is 5.99. The highest BCUT2D eigenvalue weighted by Crippen LogP contribution is 2.28. The number of hydrogen-bond acceptors (Lipinski definition) is 3. The van der Waals surface area contributed by atoms with Gasteiger partial charge in [-0.2, -0.15) is 0 Å². The number of rotatable bonds is 5. The summed E-state index contributed by atoms with van der Waals surface area (Å²) in [5.74, 6) is 1.62. The number of benzene rings is 2. The van der Waals surface area contributed by atoms with Gasteiger partial charge < -0.3 is 14.8 Å². The van der Waals surface area contributed by atoms with Gasteiger partial charge in [-0.15, -0.1) is 0 Å². The van der Waals surface area contributed by atoms with Gasteiger partial charge in [-0.05, 0) is 35.9 Å². The second-order valence-corrected chi connectivity index (χ2v) is 4.49. The van der Waals surface area contributed by atoms with Crippen LogP contribution >= 0.6 is 11.6 Å². The summed E-state index contributed by atoms with van der Waals surface area (Å²) in [6, 6.07) is 13.4. The molecular formula is C15H16ClNO2. The van der Waals surface area contributed by atoms with Crippen molar-refractivity contribution in [3.63, 3.8) is 0 Å². The maximum atomic E-state index is 5.99. The van der Waals surface area contributed by atoms with Gasteiger partial charge >= 0.3 is 0 Å². The molecule has 2 rings (SSSR count). The first-order valence-corrected chi connectivity index (χ1v) is 6.31. The summed E-state index contributed by atoms with van der Waals surface area (Å²) in [4.78, 5) is 0. The van der Waals surface area contributed by atoms with Crippen molar-refractivity contribution >= 4 is 17.3 Å². The first kappa shape index (κ1) is 13.6. The third-order valence-electron chi connectivity index (χ3n) is 2.78. The van der Waals surface area contributed by atoms with Gasteiger partial charge in [-0.1, -0.05) is 23.7 Å². The summed E-state index contributed by atoms with van der Waals surface area (Å²) in [6.45, 7) is 0.675. The molecule has 4 heteroatoms. The standard InChI is InChI=1S/C15H16ClNO2/c1-18-13-5-3-4-11(8-13)10-17-14-9-12(16)6-7-15(14)19-2/h3-9,17H,10H2,1-2H3. The summed E-state index contributed by atoms with van der Waals surface area (Å²) in [6.07, 6.45) is 0. The van der Waals surface area contributed by atoms with Crippen LogP contribution in [0.3, 0.4) is 0 Å². The van der Waals surface area contributed by atoms with E-state index in [0.717, 1.165) is 22.7 Å². The molecule has 1 N–H and O–H groups in total. The zero-order valence-corrected chi connectivity index (χ0v) is 11.7. The van der Waals surface area contributed by atoms with Crippen LogP contribution in [0, 0.1) is 0 Å². The lowest BCUT2D eigenvalue weighted by Crippen LogP contribution is -2.01. The molecule has 0 heterocycles. The molecule has 0 aliphatic heterocycles. The number of anilines is 1. The number of ether oxygens (including phenoxy) is 2. The van der Waals surface area contributed by atoms with Gasteiger partial charge in [0.1, 0.15) is 11.5 Å². The number of hydrogen-bond donors (Lipinski definition) is 1. The highest BCUT2D eigenvalue weighted by molar-refractivity contribution is 6.30. The summed E-state index contributed by atoms with van der Waals surface area (Å²) < 4.78 is 10.5. The van der Waals surface area contributed by atoms with E-state index in [-0.39, 0.29) is 0 Å². The Labute approximate surface area is 118 Å². The molecule has 0 spiro atoms. The van der Waals surface area contributed by atoms with Crippen LogP contribution < -0.4 is 14.8 Å². The van der Waals surface area contributed by atoms with Gasteiger partial charge in [-0.3, -0.25) is 0 Å². The second kappa shape index (κ2) is 6.34. The molecule has 0 atom stereocenters. The summed E-state index contributed by atoms with van der Waals surface area (Å²) in [5, 5.41) is 3.98. The van der Waals surface area contributed by atoms with Gasteiger partial charge in [0, 0.05) is 11.6 Å². The Hall–Kier alpha value is -1.87. The molecule has 0 saturated carbocycles. The van der Waals surface area contributed by atoms with Crippen molar-refractivity contribution < 1.29 is 9.47 Å². The number of halogens is 1. The molecule has 0 bridgehead atoms. The smallest absolute Gasteiger partial charge is 0.142 e. The minimum absolute atomic E-state index is 0.675. The molecule has 0 saturated heterocycles. The third-order valence-corrected chi connectivity index (χ3v) is 3.01. The van der Waals surface area contributed by atoms with Crippen molar-refractivity contribution in [3.8, 4) is 11.5 Å². The zero-order valence-electron chi connectivity index (χ0n) is 10.9. The quantitative estimate of drug-likeness (QED) is 0.897. The van der Waals surface area contributed by atoms with Gasteiger partial charge in [0.05, 0.1) is 19.9 Å². The van der Waals surface area contributed by atoms with E-state index in [9.17, 15) is 0 Å². The Kier molecular flexibility index (Phi) is 4.53. The van der Waals surface area contributed by atoms with E-state index in [1.165, 1.54) is 0 Å². The predicted molar refractivity (Wildman–Crippen MR) is 78.3 cm³/mol. The fourth-order valence-electron chi connectivity index (χ4n) is 1.80. The number of methoxy groups -OCH3 is 2. The molecule has 0 amide bonds. The SMILES string of the molecule is COc1cccc(CNc2cc(Cl)ccc2OC)c1. The largest absolute Gasteiger partial charge is 0.497 e. The molecule has 0 aliphatic carbocycles. The van der Waals surface area contributed by atoms with E-state index < -0.39 is 0 Å². The molecule has 19 heavy (non-hydrogen) atoms. The van der Waals surface area contributed by atoms with Crippen molar-refractivity contribution in [2.24, 2.45) is 0 Å². The van der Waals surface area contributed by atoms with Gasteiger partial charge in [0.15, 0.2) is 0 Å². The lowest BCUT2D eigenvalue weighted by molar-refractivity contribution is 0.414. The van der Waals surface area contributed by atoms with Crippen LogP contribution in [0.15, 0.2) is 42.5 Å². The molecule has 0 unspecified atom stereocenters. The highest BCUT2D eigenvalue weighted by atomic mass is 35.5. The Morgan fingerprint density at radius 1 is 1.05 bits per heavy atom. The van der Waals surface area contributed by atoms with Crippen molar-refractivity contribution in [2.45, 2.75) is 6.54 Å². The average molecular weight is 278 g/mol. The molecule has 0 aromatic heterocycles. The lowest BCUT2D eigenvalue weighted by atomic mass is 10.2. The first-order valence-electron chi connectivity index (χ1n) is 5.93. The molecule has 0 fully saturated rings. The van der Waals surface area contributed by atoms with Crippen molar-refractivity contribution in [3.05, 3.63) is 53.1 Å². The highest BCUT2D eigenvalue weighted by Gasteiger charge is 2.04. The van der Waals surface area contributed by atoms with Crippen LogP contribution in [-0.4, -0.2) is 14.2 Å². The molecular weight excluding hydrogens is 262 g/mol. The van der Waals surface area contributed by atoms with Crippen LogP contribution in [-0.2, 0) is 6.54 Å². The lowest BCUT2D eigenvalue weighted by Gasteiger charge is -2.12. The van der Waals surface area contributed by atoms with Gasteiger partial charge in [0.25, 0.3) is 0 Å². The van der Waals surface area contributed by atoms with E-state index in [0.29, 0.717) is 11.6 Å². The van der Waals surface area contributed by atoms with Gasteiger partial charge in [-0.25, -0.2) is 0 Å². The van der Waals surface area contributed by atoms with Crippen LogP contribution in [0.2, 0.25) is 5.02 Å².